The fourth-order valence-corrected chi connectivity index (χ4v) is 2.39. The van der Waals surface area contributed by atoms with E-state index in [0.29, 0.717) is 11.3 Å². The Morgan fingerprint density at radius 2 is 2.07 bits per heavy atom. The normalized spacial score (nSPS) is 11.5. The molecule has 0 bridgehead atoms. The van der Waals surface area contributed by atoms with Crippen molar-refractivity contribution in [3.05, 3.63) is 41.1 Å². The molecule has 3 aromatic rings. The van der Waals surface area contributed by atoms with Crippen molar-refractivity contribution in [3.63, 3.8) is 0 Å². The number of hydrogen-bond acceptors (Lipinski definition) is 7. The molecule has 1 N–H and O–H groups in total. The molecule has 0 saturated carbocycles. The summed E-state index contributed by atoms with van der Waals surface area (Å²) in [7, 11) is 3.04. The molecule has 0 aliphatic carbocycles. The maximum atomic E-state index is 12.4. The zero-order valence-electron chi connectivity index (χ0n) is 15.3. The highest BCUT2D eigenvalue weighted by atomic mass is 19.4. The highest BCUT2D eigenvalue weighted by Gasteiger charge is 2.29. The van der Waals surface area contributed by atoms with Crippen LogP contribution >= 0.6 is 0 Å². The summed E-state index contributed by atoms with van der Waals surface area (Å²) < 4.78 is 44.3. The van der Waals surface area contributed by atoms with Gasteiger partial charge in [0.05, 0.1) is 11.8 Å². The number of hydrogen-bond donors (Lipinski definition) is 1. The van der Waals surface area contributed by atoms with Gasteiger partial charge < -0.3 is 15.0 Å². The van der Waals surface area contributed by atoms with Gasteiger partial charge in [0, 0.05) is 20.3 Å². The number of anilines is 2. The van der Waals surface area contributed by atoms with Gasteiger partial charge >= 0.3 is 6.18 Å². The second-order valence-corrected chi connectivity index (χ2v) is 6.19. The number of pyridine rings is 1. The topological polar surface area (TPSA) is 107 Å². The Hall–Kier alpha value is -3.64. The Balaban J connectivity index is 1.77. The number of halogens is 3. The van der Waals surface area contributed by atoms with E-state index in [1.807, 2.05) is 0 Å². The second kappa shape index (κ2) is 7.77. The van der Waals surface area contributed by atoms with E-state index in [2.05, 4.69) is 25.3 Å². The number of carbonyl (C=O) groups is 1. The summed E-state index contributed by atoms with van der Waals surface area (Å²) in [6.45, 7) is -2.01. The standard InChI is InChI=1S/C16H16F3N7O3/c1-24(2)15-11(29-8-16(17,18)19)5-14(28)26(23-15)7-13(27)21-10-3-4-12-22-20-9-25(12)6-10/h3-6,9H,7-8H2,1-2H3,(H,21,27). The molecule has 0 fully saturated rings. The first-order valence-electron chi connectivity index (χ1n) is 8.21. The van der Waals surface area contributed by atoms with Gasteiger partial charge in [-0.1, -0.05) is 0 Å². The van der Waals surface area contributed by atoms with Gasteiger partial charge in [-0.2, -0.15) is 13.2 Å². The third kappa shape index (κ3) is 5.00. The summed E-state index contributed by atoms with van der Waals surface area (Å²) in [5.74, 6) is -0.903. The molecule has 0 radical (unpaired) electrons. The Labute approximate surface area is 161 Å². The lowest BCUT2D eigenvalue weighted by Gasteiger charge is -2.18. The molecular formula is C16H16F3N7O3. The summed E-state index contributed by atoms with van der Waals surface area (Å²) in [4.78, 5) is 25.8. The number of aromatic nitrogens is 5. The van der Waals surface area contributed by atoms with E-state index in [4.69, 9.17) is 0 Å². The molecule has 0 saturated heterocycles. The molecular weight excluding hydrogens is 395 g/mol. The van der Waals surface area contributed by atoms with E-state index in [1.165, 1.54) is 25.3 Å². The molecule has 0 unspecified atom stereocenters. The SMILES string of the molecule is CN(C)c1nn(CC(=O)Nc2ccc3nncn3c2)c(=O)cc1OCC(F)(F)F. The van der Waals surface area contributed by atoms with Crippen molar-refractivity contribution in [2.45, 2.75) is 12.7 Å². The van der Waals surface area contributed by atoms with Crippen LogP contribution in [0.3, 0.4) is 0 Å². The minimum atomic E-state index is -4.57. The van der Waals surface area contributed by atoms with Gasteiger partial charge in [0.25, 0.3) is 5.56 Å². The predicted octanol–water partition coefficient (Wildman–Crippen LogP) is 0.932. The fraction of sp³-hybridized carbons (Fsp3) is 0.312. The Kier molecular flexibility index (Phi) is 5.39. The summed E-state index contributed by atoms with van der Waals surface area (Å²) in [5.41, 5.74) is 0.247. The summed E-state index contributed by atoms with van der Waals surface area (Å²) >= 11 is 0. The summed E-state index contributed by atoms with van der Waals surface area (Å²) in [6.07, 6.45) is -1.52. The molecule has 0 atom stereocenters. The van der Waals surface area contributed by atoms with Crippen LogP contribution in [0.2, 0.25) is 0 Å². The molecule has 0 aromatic carbocycles. The van der Waals surface area contributed by atoms with E-state index in [-0.39, 0.29) is 11.6 Å². The largest absolute Gasteiger partial charge is 0.480 e. The van der Waals surface area contributed by atoms with Crippen molar-refractivity contribution in [2.24, 2.45) is 0 Å². The van der Waals surface area contributed by atoms with Gasteiger partial charge in [-0.3, -0.25) is 14.0 Å². The maximum absolute atomic E-state index is 12.4. The molecule has 154 valence electrons. The second-order valence-electron chi connectivity index (χ2n) is 6.19. The van der Waals surface area contributed by atoms with Gasteiger partial charge in [0.1, 0.15) is 12.9 Å². The lowest BCUT2D eigenvalue weighted by atomic mass is 10.4. The number of ether oxygens (including phenoxy) is 1. The highest BCUT2D eigenvalue weighted by molar-refractivity contribution is 5.90. The van der Waals surface area contributed by atoms with Crippen LogP contribution in [0.15, 0.2) is 35.5 Å². The average molecular weight is 411 g/mol. The van der Waals surface area contributed by atoms with Crippen LogP contribution < -0.4 is 20.5 Å². The lowest BCUT2D eigenvalue weighted by molar-refractivity contribution is -0.153. The third-order valence-electron chi connectivity index (χ3n) is 3.63. The van der Waals surface area contributed by atoms with Crippen molar-refractivity contribution >= 4 is 23.1 Å². The van der Waals surface area contributed by atoms with Crippen molar-refractivity contribution in [1.82, 2.24) is 24.4 Å². The zero-order chi connectivity index (χ0) is 21.2. The van der Waals surface area contributed by atoms with E-state index in [1.54, 1.807) is 22.7 Å². The first-order valence-corrected chi connectivity index (χ1v) is 8.21. The molecule has 3 heterocycles. The van der Waals surface area contributed by atoms with Gasteiger partial charge in [0.2, 0.25) is 5.91 Å². The monoisotopic (exact) mass is 411 g/mol. The Bertz CT molecular complexity index is 1090. The Morgan fingerprint density at radius 1 is 1.31 bits per heavy atom. The maximum Gasteiger partial charge on any atom is 0.422 e. The van der Waals surface area contributed by atoms with E-state index in [0.717, 1.165) is 10.7 Å². The van der Waals surface area contributed by atoms with E-state index >= 15 is 0 Å². The molecule has 0 aliphatic heterocycles. The van der Waals surface area contributed by atoms with Crippen LogP contribution in [0.1, 0.15) is 0 Å². The molecule has 0 aliphatic rings. The number of nitrogens with zero attached hydrogens (tertiary/aromatic N) is 6. The first kappa shape index (κ1) is 20.1. The number of rotatable bonds is 6. The zero-order valence-corrected chi connectivity index (χ0v) is 15.3. The quantitative estimate of drug-likeness (QED) is 0.643. The number of nitrogens with one attached hydrogen (secondary N) is 1. The van der Waals surface area contributed by atoms with Crippen LogP contribution in [0.25, 0.3) is 5.65 Å². The van der Waals surface area contributed by atoms with Crippen molar-refractivity contribution in [1.29, 1.82) is 0 Å². The van der Waals surface area contributed by atoms with Gasteiger partial charge in [-0.05, 0) is 12.1 Å². The van der Waals surface area contributed by atoms with Crippen LogP contribution in [0, 0.1) is 0 Å². The van der Waals surface area contributed by atoms with E-state index < -0.39 is 30.8 Å². The number of amides is 1. The number of fused-ring (bicyclic) bond motifs is 1. The summed E-state index contributed by atoms with van der Waals surface area (Å²) in [5, 5.41) is 14.1. The molecule has 3 aromatic heterocycles. The molecule has 29 heavy (non-hydrogen) atoms. The Morgan fingerprint density at radius 3 is 2.76 bits per heavy atom. The van der Waals surface area contributed by atoms with Gasteiger partial charge in [-0.15, -0.1) is 15.3 Å². The highest BCUT2D eigenvalue weighted by Crippen LogP contribution is 2.24. The minimum absolute atomic E-state index is 0.0208. The summed E-state index contributed by atoms with van der Waals surface area (Å²) in [6, 6.07) is 4.12. The first-order chi connectivity index (χ1) is 13.6. The van der Waals surface area contributed by atoms with Gasteiger partial charge in [0.15, 0.2) is 23.8 Å². The van der Waals surface area contributed by atoms with Crippen molar-refractivity contribution in [3.8, 4) is 5.75 Å². The molecule has 1 amide bonds. The van der Waals surface area contributed by atoms with Crippen molar-refractivity contribution in [2.75, 3.05) is 30.9 Å². The van der Waals surface area contributed by atoms with Crippen LogP contribution in [-0.2, 0) is 11.3 Å². The molecule has 3 rings (SSSR count). The fourth-order valence-electron chi connectivity index (χ4n) is 2.39. The minimum Gasteiger partial charge on any atom is -0.480 e. The van der Waals surface area contributed by atoms with Crippen LogP contribution in [-0.4, -0.2) is 57.2 Å². The molecule has 0 spiro atoms. The number of carbonyl (C=O) groups excluding carboxylic acids is 1. The third-order valence-corrected chi connectivity index (χ3v) is 3.63. The van der Waals surface area contributed by atoms with Crippen LogP contribution in [0.5, 0.6) is 5.75 Å². The van der Waals surface area contributed by atoms with Crippen molar-refractivity contribution < 1.29 is 22.7 Å². The predicted molar refractivity (Wildman–Crippen MR) is 96.0 cm³/mol. The smallest absolute Gasteiger partial charge is 0.422 e. The number of alkyl halides is 3. The van der Waals surface area contributed by atoms with Crippen LogP contribution in [0.4, 0.5) is 24.7 Å². The molecule has 10 nitrogen and oxygen atoms in total. The van der Waals surface area contributed by atoms with Gasteiger partial charge in [-0.25, -0.2) is 4.68 Å². The molecule has 13 heteroatoms. The average Bonchev–Trinajstić information content (AvgIpc) is 3.08. The lowest BCUT2D eigenvalue weighted by Crippen LogP contribution is -2.31. The van der Waals surface area contributed by atoms with E-state index in [9.17, 15) is 22.8 Å².